The summed E-state index contributed by atoms with van der Waals surface area (Å²) in [4.78, 5) is 0. The first kappa shape index (κ1) is 15.6. The first-order chi connectivity index (χ1) is 10.9. The Morgan fingerprint density at radius 2 is 1.41 bits per heavy atom. The summed E-state index contributed by atoms with van der Waals surface area (Å²) in [5, 5.41) is 0. The smallest absolute Gasteiger partial charge is 0.129 e. The highest BCUT2D eigenvalue weighted by molar-refractivity contribution is 5.05. The maximum Gasteiger partial charge on any atom is 0.129 e. The van der Waals surface area contributed by atoms with Crippen molar-refractivity contribution in [3.63, 3.8) is 0 Å². The summed E-state index contributed by atoms with van der Waals surface area (Å²) < 4.78 is 33.5. The Balaban J connectivity index is 1.48. The second-order valence-electron chi connectivity index (χ2n) is 5.25. The summed E-state index contributed by atoms with van der Waals surface area (Å²) in [6, 6.07) is 3.81. The number of ether oxygens (including phenoxy) is 5. The van der Waals surface area contributed by atoms with Gasteiger partial charge in [0, 0.05) is 6.42 Å². The van der Waals surface area contributed by atoms with Crippen LogP contribution in [0.2, 0.25) is 0 Å². The van der Waals surface area contributed by atoms with Gasteiger partial charge in [0.15, 0.2) is 0 Å². The van der Waals surface area contributed by atoms with Crippen molar-refractivity contribution >= 4 is 0 Å². The van der Waals surface area contributed by atoms with Crippen LogP contribution in [-0.4, -0.2) is 45.7 Å². The lowest BCUT2D eigenvalue weighted by molar-refractivity contribution is -0.0184. The van der Waals surface area contributed by atoms with Crippen molar-refractivity contribution in [2.24, 2.45) is 0 Å². The molecule has 4 bridgehead atoms. The standard InChI is InChI=1S/C16H22O6/c1-2-14-10-18-7-8-20-12-16-4-3-15(22-16)11-19-6-5-17-9-13(1)21-14/h1-3,16H,4-12H2. The van der Waals surface area contributed by atoms with Gasteiger partial charge in [-0.15, -0.1) is 0 Å². The Morgan fingerprint density at radius 3 is 2.14 bits per heavy atom. The average Bonchev–Trinajstić information content (AvgIpc) is 3.15. The molecule has 1 atom stereocenters. The van der Waals surface area contributed by atoms with E-state index in [-0.39, 0.29) is 6.10 Å². The van der Waals surface area contributed by atoms with Crippen LogP contribution >= 0.6 is 0 Å². The first-order valence-electron chi connectivity index (χ1n) is 7.64. The van der Waals surface area contributed by atoms with Crippen molar-refractivity contribution in [1.82, 2.24) is 0 Å². The van der Waals surface area contributed by atoms with Crippen molar-refractivity contribution in [3.8, 4) is 0 Å². The predicted octanol–water partition coefficient (Wildman–Crippen LogP) is 2.03. The maximum absolute atomic E-state index is 5.74. The summed E-state index contributed by atoms with van der Waals surface area (Å²) >= 11 is 0. The maximum atomic E-state index is 5.74. The van der Waals surface area contributed by atoms with Crippen LogP contribution in [0.15, 0.2) is 28.4 Å². The molecule has 3 heterocycles. The van der Waals surface area contributed by atoms with Crippen LogP contribution in [0.25, 0.3) is 0 Å². The summed E-state index contributed by atoms with van der Waals surface area (Å²) in [5.41, 5.74) is 0. The molecule has 2 aliphatic heterocycles. The quantitative estimate of drug-likeness (QED) is 0.731. The molecule has 0 fully saturated rings. The van der Waals surface area contributed by atoms with Crippen molar-refractivity contribution in [3.05, 3.63) is 35.5 Å². The second kappa shape index (κ2) is 8.33. The van der Waals surface area contributed by atoms with Crippen LogP contribution in [0, 0.1) is 0 Å². The van der Waals surface area contributed by atoms with E-state index in [4.69, 9.17) is 28.1 Å². The molecule has 0 N–H and O–H groups in total. The van der Waals surface area contributed by atoms with Crippen LogP contribution in [0.3, 0.4) is 0 Å². The fourth-order valence-electron chi connectivity index (χ4n) is 2.31. The molecule has 1 aromatic heterocycles. The molecule has 122 valence electrons. The zero-order valence-electron chi connectivity index (χ0n) is 12.6. The third-order valence-corrected chi connectivity index (χ3v) is 3.42. The van der Waals surface area contributed by atoms with E-state index in [2.05, 4.69) is 6.08 Å². The number of furan rings is 1. The zero-order chi connectivity index (χ0) is 15.0. The number of hydrogen-bond acceptors (Lipinski definition) is 6. The monoisotopic (exact) mass is 310 g/mol. The summed E-state index contributed by atoms with van der Waals surface area (Å²) in [6.45, 7) is 4.05. The molecule has 22 heavy (non-hydrogen) atoms. The molecule has 0 spiro atoms. The SMILES string of the molecule is C1=C2COCCOCc3ccc(o3)COCCOCC(C1)O2. The molecular weight excluding hydrogens is 288 g/mol. The molecule has 3 rings (SSSR count). The summed E-state index contributed by atoms with van der Waals surface area (Å²) in [6.07, 6.45) is 3.01. The lowest BCUT2D eigenvalue weighted by atomic mass is 10.3. The highest BCUT2D eigenvalue weighted by Gasteiger charge is 2.18. The molecule has 6 heteroatoms. The van der Waals surface area contributed by atoms with Crippen molar-refractivity contribution in [2.45, 2.75) is 25.7 Å². The van der Waals surface area contributed by atoms with E-state index in [1.165, 1.54) is 0 Å². The van der Waals surface area contributed by atoms with Gasteiger partial charge < -0.3 is 28.1 Å². The minimum atomic E-state index is 0.0846. The first-order valence-corrected chi connectivity index (χ1v) is 7.64. The van der Waals surface area contributed by atoms with Crippen LogP contribution in [0.5, 0.6) is 0 Å². The highest BCUT2D eigenvalue weighted by Crippen LogP contribution is 2.17. The van der Waals surface area contributed by atoms with Crippen LogP contribution in [0.1, 0.15) is 17.9 Å². The molecule has 0 saturated heterocycles. The Hall–Kier alpha value is -1.34. The molecule has 0 aromatic carbocycles. The van der Waals surface area contributed by atoms with E-state index >= 15 is 0 Å². The predicted molar refractivity (Wildman–Crippen MR) is 77.2 cm³/mol. The van der Waals surface area contributed by atoms with Crippen molar-refractivity contribution < 1.29 is 28.1 Å². The van der Waals surface area contributed by atoms with E-state index in [0.717, 1.165) is 23.7 Å². The fourth-order valence-corrected chi connectivity index (χ4v) is 2.31. The fraction of sp³-hybridized carbons (Fsp3) is 0.625. The van der Waals surface area contributed by atoms with Gasteiger partial charge in [0.2, 0.25) is 0 Å². The van der Waals surface area contributed by atoms with E-state index < -0.39 is 0 Å². The molecule has 0 saturated carbocycles. The highest BCUT2D eigenvalue weighted by atomic mass is 16.6. The van der Waals surface area contributed by atoms with Crippen LogP contribution in [-0.2, 0) is 36.9 Å². The van der Waals surface area contributed by atoms with E-state index in [1.807, 2.05) is 12.1 Å². The minimum absolute atomic E-state index is 0.0846. The van der Waals surface area contributed by atoms with Crippen LogP contribution in [0.4, 0.5) is 0 Å². The largest absolute Gasteiger partial charge is 0.490 e. The van der Waals surface area contributed by atoms with Gasteiger partial charge >= 0.3 is 0 Å². The molecule has 2 aliphatic rings. The number of fused-ring (bicyclic) bond motifs is 4. The molecule has 1 aromatic rings. The zero-order valence-corrected chi connectivity index (χ0v) is 12.6. The lowest BCUT2D eigenvalue weighted by Gasteiger charge is -2.14. The molecular formula is C16H22O6. The molecule has 1 unspecified atom stereocenters. The van der Waals surface area contributed by atoms with Crippen molar-refractivity contribution in [1.29, 1.82) is 0 Å². The number of rotatable bonds is 0. The van der Waals surface area contributed by atoms with Gasteiger partial charge in [0.25, 0.3) is 0 Å². The second-order valence-corrected chi connectivity index (χ2v) is 5.25. The van der Waals surface area contributed by atoms with E-state index in [9.17, 15) is 0 Å². The number of hydrogen-bond donors (Lipinski definition) is 0. The topological polar surface area (TPSA) is 59.3 Å². The van der Waals surface area contributed by atoms with Crippen LogP contribution < -0.4 is 0 Å². The van der Waals surface area contributed by atoms with E-state index in [1.54, 1.807) is 0 Å². The molecule has 0 amide bonds. The van der Waals surface area contributed by atoms with Gasteiger partial charge in [-0.1, -0.05) is 0 Å². The lowest BCUT2D eigenvalue weighted by Crippen LogP contribution is -2.18. The Bertz CT molecular complexity index is 481. The van der Waals surface area contributed by atoms with Gasteiger partial charge in [-0.25, -0.2) is 0 Å². The Kier molecular flexibility index (Phi) is 5.89. The summed E-state index contributed by atoms with van der Waals surface area (Å²) in [7, 11) is 0. The molecule has 0 radical (unpaired) electrons. The normalized spacial score (nSPS) is 24.9. The molecule has 6 nitrogen and oxygen atoms in total. The van der Waals surface area contributed by atoms with Crippen molar-refractivity contribution in [2.75, 3.05) is 39.6 Å². The van der Waals surface area contributed by atoms with E-state index in [0.29, 0.717) is 52.9 Å². The van der Waals surface area contributed by atoms with Gasteiger partial charge in [0.05, 0.1) is 33.0 Å². The third-order valence-electron chi connectivity index (χ3n) is 3.42. The van der Waals surface area contributed by atoms with Gasteiger partial charge in [-0.3, -0.25) is 0 Å². The van der Waals surface area contributed by atoms with Gasteiger partial charge in [-0.2, -0.15) is 0 Å². The van der Waals surface area contributed by atoms with Gasteiger partial charge in [0.1, 0.15) is 43.2 Å². The minimum Gasteiger partial charge on any atom is -0.490 e. The molecule has 0 aliphatic carbocycles. The Morgan fingerprint density at radius 1 is 0.773 bits per heavy atom. The Labute approximate surface area is 129 Å². The average molecular weight is 310 g/mol. The van der Waals surface area contributed by atoms with Gasteiger partial charge in [-0.05, 0) is 18.2 Å². The third kappa shape index (κ3) is 4.84. The summed E-state index contributed by atoms with van der Waals surface area (Å²) in [5.74, 6) is 2.46.